The van der Waals surface area contributed by atoms with Crippen molar-refractivity contribution >= 4 is 47.4 Å². The van der Waals surface area contributed by atoms with E-state index in [0.29, 0.717) is 11.1 Å². The predicted molar refractivity (Wildman–Crippen MR) is 122 cm³/mol. The van der Waals surface area contributed by atoms with E-state index >= 15 is 0 Å². The fourth-order valence-corrected chi connectivity index (χ4v) is 3.56. The minimum atomic E-state index is 0. The van der Waals surface area contributed by atoms with E-state index in [1.807, 2.05) is 12.1 Å². The van der Waals surface area contributed by atoms with Crippen LogP contribution in [0.1, 0.15) is 13.3 Å². The Morgan fingerprint density at radius 1 is 1.37 bits per heavy atom. The second kappa shape index (κ2) is 11.9. The van der Waals surface area contributed by atoms with E-state index in [4.69, 9.17) is 21.3 Å². The van der Waals surface area contributed by atoms with Gasteiger partial charge >= 0.3 is 0 Å². The molecule has 2 aliphatic rings. The Morgan fingerprint density at radius 2 is 2.19 bits per heavy atom. The van der Waals surface area contributed by atoms with Crippen molar-refractivity contribution in [3.8, 4) is 0 Å². The van der Waals surface area contributed by atoms with Gasteiger partial charge in [-0.25, -0.2) is 4.98 Å². The summed E-state index contributed by atoms with van der Waals surface area (Å²) in [6.45, 7) is 10.2. The molecular weight excluding hydrogens is 479 g/mol. The minimum absolute atomic E-state index is 0. The van der Waals surface area contributed by atoms with Crippen molar-refractivity contribution in [3.63, 3.8) is 0 Å². The Bertz CT molecular complexity index is 599. The second-order valence-electron chi connectivity index (χ2n) is 6.60. The maximum absolute atomic E-state index is 6.28. The van der Waals surface area contributed by atoms with Gasteiger partial charge in [-0.05, 0) is 25.5 Å². The molecule has 0 aromatic carbocycles. The van der Waals surface area contributed by atoms with Gasteiger partial charge in [-0.1, -0.05) is 11.6 Å². The summed E-state index contributed by atoms with van der Waals surface area (Å²) in [6.07, 6.45) is 2.83. The summed E-state index contributed by atoms with van der Waals surface area (Å²) < 4.78 is 5.39. The average Bonchev–Trinajstić information content (AvgIpc) is 3.11. The molecule has 0 bridgehead atoms. The van der Waals surface area contributed by atoms with Crippen molar-refractivity contribution in [1.82, 2.24) is 20.5 Å². The van der Waals surface area contributed by atoms with Crippen LogP contribution in [0, 0.1) is 0 Å². The first kappa shape index (κ1) is 22.4. The molecule has 2 saturated heterocycles. The number of guanidine groups is 1. The lowest BCUT2D eigenvalue weighted by atomic mass is 10.3. The first-order valence-corrected chi connectivity index (χ1v) is 9.84. The third-order valence-corrected chi connectivity index (χ3v) is 5.00. The van der Waals surface area contributed by atoms with Crippen LogP contribution in [0.5, 0.6) is 0 Å². The summed E-state index contributed by atoms with van der Waals surface area (Å²) in [5.74, 6) is 1.76. The molecule has 1 aromatic rings. The quantitative estimate of drug-likeness (QED) is 0.347. The highest BCUT2D eigenvalue weighted by atomic mass is 127. The van der Waals surface area contributed by atoms with Gasteiger partial charge in [-0.3, -0.25) is 9.89 Å². The summed E-state index contributed by atoms with van der Waals surface area (Å²) in [4.78, 5) is 13.8. The van der Waals surface area contributed by atoms with Gasteiger partial charge in [0.1, 0.15) is 5.82 Å². The number of anilines is 1. The predicted octanol–water partition coefficient (Wildman–Crippen LogP) is 1.82. The fraction of sp³-hybridized carbons (Fsp3) is 0.667. The highest BCUT2D eigenvalue weighted by Crippen LogP contribution is 2.25. The average molecular weight is 509 g/mol. The monoisotopic (exact) mass is 508 g/mol. The van der Waals surface area contributed by atoms with Gasteiger partial charge in [0.25, 0.3) is 0 Å². The van der Waals surface area contributed by atoms with Crippen LogP contribution in [0.4, 0.5) is 5.82 Å². The molecule has 2 N–H and O–H groups in total. The van der Waals surface area contributed by atoms with E-state index in [1.165, 1.54) is 0 Å². The highest BCUT2D eigenvalue weighted by Gasteiger charge is 2.25. The third-order valence-electron chi connectivity index (χ3n) is 4.70. The molecule has 0 amide bonds. The molecule has 2 fully saturated rings. The second-order valence-corrected chi connectivity index (χ2v) is 7.01. The summed E-state index contributed by atoms with van der Waals surface area (Å²) in [5, 5.41) is 7.61. The Morgan fingerprint density at radius 3 is 2.93 bits per heavy atom. The lowest BCUT2D eigenvalue weighted by Gasteiger charge is -2.26. The molecule has 3 rings (SSSR count). The summed E-state index contributed by atoms with van der Waals surface area (Å²) >= 11 is 6.28. The van der Waals surface area contributed by atoms with Gasteiger partial charge in [0, 0.05) is 51.5 Å². The number of halogens is 2. The van der Waals surface area contributed by atoms with Crippen LogP contribution in [0.3, 0.4) is 0 Å². The van der Waals surface area contributed by atoms with Crippen molar-refractivity contribution in [2.75, 3.05) is 63.9 Å². The topological polar surface area (TPSA) is 65.0 Å². The zero-order valence-corrected chi connectivity index (χ0v) is 19.0. The molecule has 1 unspecified atom stereocenters. The lowest BCUT2D eigenvalue weighted by Crippen LogP contribution is -2.45. The summed E-state index contributed by atoms with van der Waals surface area (Å²) in [5.41, 5.74) is 0. The molecule has 0 saturated carbocycles. The van der Waals surface area contributed by atoms with E-state index in [-0.39, 0.29) is 24.0 Å². The Labute approximate surface area is 183 Å². The molecule has 0 radical (unpaired) electrons. The summed E-state index contributed by atoms with van der Waals surface area (Å²) in [7, 11) is 0. The first-order chi connectivity index (χ1) is 12.8. The third kappa shape index (κ3) is 6.92. The maximum atomic E-state index is 6.28. The standard InChI is InChI=1S/C18H29ClN6O.HI/c1-2-20-18(22-7-9-24-10-12-26-13-11-24)23-15-5-8-25(14-15)17-16(19)4-3-6-21-17;/h3-4,6,15H,2,5,7-14H2,1H3,(H2,20,22,23);1H. The Kier molecular flexibility index (Phi) is 9.88. The summed E-state index contributed by atoms with van der Waals surface area (Å²) in [6, 6.07) is 4.10. The molecule has 2 aliphatic heterocycles. The molecule has 27 heavy (non-hydrogen) atoms. The number of nitrogens with zero attached hydrogens (tertiary/aromatic N) is 4. The number of ether oxygens (including phenoxy) is 1. The number of aliphatic imine (C=N–C) groups is 1. The molecule has 1 atom stereocenters. The molecule has 9 heteroatoms. The molecule has 3 heterocycles. The van der Waals surface area contributed by atoms with Gasteiger partial charge in [0.2, 0.25) is 0 Å². The molecule has 7 nitrogen and oxygen atoms in total. The van der Waals surface area contributed by atoms with Crippen LogP contribution in [0.25, 0.3) is 0 Å². The van der Waals surface area contributed by atoms with E-state index in [2.05, 4.69) is 32.3 Å². The van der Waals surface area contributed by atoms with E-state index in [9.17, 15) is 0 Å². The van der Waals surface area contributed by atoms with Crippen LogP contribution in [0.2, 0.25) is 5.02 Å². The van der Waals surface area contributed by atoms with Gasteiger partial charge < -0.3 is 20.3 Å². The van der Waals surface area contributed by atoms with Gasteiger partial charge in [0.05, 0.1) is 24.8 Å². The van der Waals surface area contributed by atoms with E-state index < -0.39 is 0 Å². The number of nitrogens with one attached hydrogen (secondary N) is 2. The first-order valence-electron chi connectivity index (χ1n) is 9.46. The van der Waals surface area contributed by atoms with Crippen LogP contribution in [-0.4, -0.2) is 80.9 Å². The SMILES string of the molecule is CCNC(=NCCN1CCOCC1)NC1CCN(c2ncccc2Cl)C1.I. The molecule has 0 aliphatic carbocycles. The zero-order chi connectivity index (χ0) is 18.2. The van der Waals surface area contributed by atoms with Gasteiger partial charge in [-0.15, -0.1) is 24.0 Å². The van der Waals surface area contributed by atoms with E-state index in [0.717, 1.165) is 77.2 Å². The van der Waals surface area contributed by atoms with Crippen LogP contribution < -0.4 is 15.5 Å². The smallest absolute Gasteiger partial charge is 0.191 e. The molecule has 0 spiro atoms. The number of hydrogen-bond donors (Lipinski definition) is 2. The normalized spacial score (nSPS) is 21.0. The highest BCUT2D eigenvalue weighted by molar-refractivity contribution is 14.0. The number of pyridine rings is 1. The molecule has 152 valence electrons. The van der Waals surface area contributed by atoms with E-state index in [1.54, 1.807) is 6.20 Å². The largest absolute Gasteiger partial charge is 0.379 e. The van der Waals surface area contributed by atoms with Crippen LogP contribution >= 0.6 is 35.6 Å². The minimum Gasteiger partial charge on any atom is -0.379 e. The van der Waals surface area contributed by atoms with Crippen LogP contribution in [0.15, 0.2) is 23.3 Å². The van der Waals surface area contributed by atoms with Crippen LogP contribution in [-0.2, 0) is 4.74 Å². The van der Waals surface area contributed by atoms with Gasteiger partial charge in [0.15, 0.2) is 5.96 Å². The van der Waals surface area contributed by atoms with Crippen molar-refractivity contribution in [3.05, 3.63) is 23.4 Å². The van der Waals surface area contributed by atoms with Crippen molar-refractivity contribution in [2.45, 2.75) is 19.4 Å². The zero-order valence-electron chi connectivity index (χ0n) is 15.9. The lowest BCUT2D eigenvalue weighted by molar-refractivity contribution is 0.0394. The number of rotatable bonds is 6. The molecular formula is C18H30ClIN6O. The van der Waals surface area contributed by atoms with Crippen molar-refractivity contribution in [2.24, 2.45) is 4.99 Å². The fourth-order valence-electron chi connectivity index (χ4n) is 3.32. The molecule has 1 aromatic heterocycles. The number of hydrogen-bond acceptors (Lipinski definition) is 5. The van der Waals surface area contributed by atoms with Crippen molar-refractivity contribution in [1.29, 1.82) is 0 Å². The number of morpholine rings is 1. The Balaban J connectivity index is 0.00000261. The van der Waals surface area contributed by atoms with Crippen molar-refractivity contribution < 1.29 is 4.74 Å². The maximum Gasteiger partial charge on any atom is 0.191 e. The Hall–Kier alpha value is -0.840. The number of aromatic nitrogens is 1. The van der Waals surface area contributed by atoms with Gasteiger partial charge in [-0.2, -0.15) is 0 Å².